The lowest BCUT2D eigenvalue weighted by molar-refractivity contribution is 0.0157. The summed E-state index contributed by atoms with van der Waals surface area (Å²) in [5.74, 6) is 1.07. The van der Waals surface area contributed by atoms with Crippen LogP contribution in [0.15, 0.2) is 63.6 Å². The highest BCUT2D eigenvalue weighted by atomic mass is 79.9. The number of amides is 1. The van der Waals surface area contributed by atoms with Gasteiger partial charge in [0.05, 0.1) is 26.4 Å². The highest BCUT2D eigenvalue weighted by Crippen LogP contribution is 2.29. The van der Waals surface area contributed by atoms with Gasteiger partial charge in [0, 0.05) is 41.3 Å². The highest BCUT2D eigenvalue weighted by molar-refractivity contribution is 9.10. The average molecular weight is 486 g/mol. The number of carbonyl (C=O) groups is 1. The van der Waals surface area contributed by atoms with Gasteiger partial charge < -0.3 is 19.3 Å². The molecular weight excluding hydrogens is 462 g/mol. The van der Waals surface area contributed by atoms with Gasteiger partial charge in [-0.05, 0) is 18.2 Å². The van der Waals surface area contributed by atoms with E-state index in [-0.39, 0.29) is 17.6 Å². The Morgan fingerprint density at radius 1 is 1.19 bits per heavy atom. The predicted octanol–water partition coefficient (Wildman–Crippen LogP) is 3.92. The van der Waals surface area contributed by atoms with E-state index in [0.717, 1.165) is 34.4 Å². The van der Waals surface area contributed by atoms with E-state index in [1.165, 1.54) is 0 Å². The van der Waals surface area contributed by atoms with E-state index in [2.05, 4.69) is 31.3 Å². The zero-order chi connectivity index (χ0) is 21.6. The number of carbonyl (C=O) groups excluding carboxylic acids is 1. The van der Waals surface area contributed by atoms with Crippen molar-refractivity contribution in [2.75, 3.05) is 40.0 Å². The fourth-order valence-electron chi connectivity index (χ4n) is 3.68. The number of nitrogens with zero attached hydrogens (tertiary/aromatic N) is 2. The number of ether oxygens (including phenoxy) is 2. The third kappa shape index (κ3) is 5.15. The molecule has 1 atom stereocenters. The van der Waals surface area contributed by atoms with E-state index in [0.29, 0.717) is 25.5 Å². The Morgan fingerprint density at radius 3 is 2.68 bits per heavy atom. The van der Waals surface area contributed by atoms with Gasteiger partial charge in [-0.3, -0.25) is 9.69 Å². The van der Waals surface area contributed by atoms with Crippen molar-refractivity contribution >= 4 is 21.8 Å². The lowest BCUT2D eigenvalue weighted by Gasteiger charge is -2.35. The molecule has 4 rings (SSSR count). The van der Waals surface area contributed by atoms with Gasteiger partial charge in [-0.1, -0.05) is 51.4 Å². The molecule has 0 bridgehead atoms. The summed E-state index contributed by atoms with van der Waals surface area (Å²) in [7, 11) is 1.66. The number of halogens is 1. The van der Waals surface area contributed by atoms with Crippen LogP contribution < -0.4 is 10.1 Å². The number of aromatic nitrogens is 1. The summed E-state index contributed by atoms with van der Waals surface area (Å²) in [5, 5.41) is 6.97. The Morgan fingerprint density at radius 2 is 1.94 bits per heavy atom. The van der Waals surface area contributed by atoms with Crippen LogP contribution in [0.5, 0.6) is 5.75 Å². The maximum Gasteiger partial charge on any atom is 0.273 e. The van der Waals surface area contributed by atoms with Gasteiger partial charge in [0.1, 0.15) is 5.75 Å². The summed E-state index contributed by atoms with van der Waals surface area (Å²) >= 11 is 3.41. The number of nitrogens with one attached hydrogen (secondary N) is 1. The molecule has 2 heterocycles. The van der Waals surface area contributed by atoms with Gasteiger partial charge in [-0.2, -0.15) is 0 Å². The first-order chi connectivity index (χ1) is 15.2. The van der Waals surface area contributed by atoms with Crippen molar-refractivity contribution in [3.8, 4) is 17.1 Å². The molecule has 1 fully saturated rings. The molecule has 2 aromatic carbocycles. The highest BCUT2D eigenvalue weighted by Gasteiger charge is 2.26. The Kier molecular flexibility index (Phi) is 7.01. The van der Waals surface area contributed by atoms with E-state index in [9.17, 15) is 4.79 Å². The molecule has 0 radical (unpaired) electrons. The predicted molar refractivity (Wildman–Crippen MR) is 120 cm³/mol. The minimum Gasteiger partial charge on any atom is -0.496 e. The zero-order valence-corrected chi connectivity index (χ0v) is 18.8. The van der Waals surface area contributed by atoms with E-state index < -0.39 is 0 Å². The van der Waals surface area contributed by atoms with Crippen LogP contribution in [-0.2, 0) is 4.74 Å². The van der Waals surface area contributed by atoms with E-state index in [1.54, 1.807) is 13.2 Å². The molecule has 162 valence electrons. The molecule has 3 aromatic rings. The second kappa shape index (κ2) is 10.1. The molecule has 1 aromatic heterocycles. The van der Waals surface area contributed by atoms with Crippen LogP contribution in [0.3, 0.4) is 0 Å². The Bertz CT molecular complexity index is 1020. The van der Waals surface area contributed by atoms with Gasteiger partial charge in [0.25, 0.3) is 5.91 Å². The molecule has 1 N–H and O–H groups in total. The summed E-state index contributed by atoms with van der Waals surface area (Å²) in [6.45, 7) is 3.32. The van der Waals surface area contributed by atoms with Crippen molar-refractivity contribution in [3.63, 3.8) is 0 Å². The first-order valence-electron chi connectivity index (χ1n) is 10.1. The van der Waals surface area contributed by atoms with Crippen LogP contribution >= 0.6 is 15.9 Å². The summed E-state index contributed by atoms with van der Waals surface area (Å²) in [5.41, 5.74) is 2.14. The summed E-state index contributed by atoms with van der Waals surface area (Å²) in [6, 6.07) is 17.2. The molecular formula is C23H24BrN3O4. The van der Waals surface area contributed by atoms with Gasteiger partial charge >= 0.3 is 0 Å². The summed E-state index contributed by atoms with van der Waals surface area (Å²) in [4.78, 5) is 15.1. The smallest absolute Gasteiger partial charge is 0.273 e. The van der Waals surface area contributed by atoms with E-state index >= 15 is 0 Å². The fourth-order valence-corrected chi connectivity index (χ4v) is 3.94. The normalized spacial score (nSPS) is 15.4. The first-order valence-corrected chi connectivity index (χ1v) is 10.9. The van der Waals surface area contributed by atoms with Crippen molar-refractivity contribution in [2.45, 2.75) is 6.04 Å². The van der Waals surface area contributed by atoms with Crippen molar-refractivity contribution in [1.29, 1.82) is 0 Å². The average Bonchev–Trinajstić information content (AvgIpc) is 3.31. The molecule has 1 aliphatic heterocycles. The lowest BCUT2D eigenvalue weighted by atomic mass is 10.0. The van der Waals surface area contributed by atoms with Crippen LogP contribution in [0.4, 0.5) is 0 Å². The number of benzene rings is 2. The number of methoxy groups -OCH3 is 1. The SMILES string of the molecule is COc1ccccc1C(CNC(=O)c1cc(-c2ccc(Br)cc2)on1)N1CCOCC1. The molecule has 1 amide bonds. The number of hydrogen-bond donors (Lipinski definition) is 1. The number of rotatable bonds is 7. The standard InChI is InChI=1S/C23H24BrN3O4/c1-29-21-5-3-2-4-18(21)20(27-10-12-30-13-11-27)15-25-23(28)19-14-22(31-26-19)16-6-8-17(24)9-7-16/h2-9,14,20H,10-13,15H2,1H3,(H,25,28). The minimum absolute atomic E-state index is 0.0400. The third-order valence-electron chi connectivity index (χ3n) is 5.31. The van der Waals surface area contributed by atoms with Crippen LogP contribution in [0.25, 0.3) is 11.3 Å². The van der Waals surface area contributed by atoms with Gasteiger partial charge in [0.15, 0.2) is 11.5 Å². The summed E-state index contributed by atoms with van der Waals surface area (Å²) in [6.07, 6.45) is 0. The Balaban J connectivity index is 1.49. The number of morpholine rings is 1. The molecule has 1 unspecified atom stereocenters. The van der Waals surface area contributed by atoms with Gasteiger partial charge in [-0.25, -0.2) is 0 Å². The van der Waals surface area contributed by atoms with Gasteiger partial charge in [0.2, 0.25) is 0 Å². The molecule has 7 nitrogen and oxygen atoms in total. The molecule has 0 saturated carbocycles. The zero-order valence-electron chi connectivity index (χ0n) is 17.2. The molecule has 8 heteroatoms. The molecule has 1 aliphatic rings. The molecule has 0 aliphatic carbocycles. The van der Waals surface area contributed by atoms with Crippen LogP contribution in [0, 0.1) is 0 Å². The van der Waals surface area contributed by atoms with E-state index in [4.69, 9.17) is 14.0 Å². The topological polar surface area (TPSA) is 76.8 Å². The Hall–Kier alpha value is -2.68. The second-order valence-electron chi connectivity index (χ2n) is 7.20. The first kappa shape index (κ1) is 21.5. The third-order valence-corrected chi connectivity index (χ3v) is 5.84. The van der Waals surface area contributed by atoms with Crippen molar-refractivity contribution in [3.05, 3.63) is 70.3 Å². The maximum absolute atomic E-state index is 12.8. The van der Waals surface area contributed by atoms with Crippen molar-refractivity contribution < 1.29 is 18.8 Å². The van der Waals surface area contributed by atoms with Crippen molar-refractivity contribution in [1.82, 2.24) is 15.4 Å². The maximum atomic E-state index is 12.8. The van der Waals surface area contributed by atoms with Crippen LogP contribution in [0.2, 0.25) is 0 Å². The molecule has 0 spiro atoms. The monoisotopic (exact) mass is 485 g/mol. The Labute approximate surface area is 189 Å². The molecule has 1 saturated heterocycles. The number of hydrogen-bond acceptors (Lipinski definition) is 6. The van der Waals surface area contributed by atoms with Crippen LogP contribution in [-0.4, -0.2) is 55.9 Å². The second-order valence-corrected chi connectivity index (χ2v) is 8.12. The fraction of sp³-hybridized carbons (Fsp3) is 0.304. The largest absolute Gasteiger partial charge is 0.496 e. The van der Waals surface area contributed by atoms with Crippen LogP contribution in [0.1, 0.15) is 22.1 Å². The van der Waals surface area contributed by atoms with Crippen molar-refractivity contribution in [2.24, 2.45) is 0 Å². The quantitative estimate of drug-likeness (QED) is 0.546. The van der Waals surface area contributed by atoms with Gasteiger partial charge in [-0.15, -0.1) is 0 Å². The lowest BCUT2D eigenvalue weighted by Crippen LogP contribution is -2.44. The molecule has 31 heavy (non-hydrogen) atoms. The number of para-hydroxylation sites is 1. The van der Waals surface area contributed by atoms with E-state index in [1.807, 2.05) is 48.5 Å². The summed E-state index contributed by atoms with van der Waals surface area (Å²) < 4.78 is 17.4. The minimum atomic E-state index is -0.278.